The molecule has 0 spiro atoms. The van der Waals surface area contributed by atoms with E-state index in [9.17, 15) is 19.2 Å². The summed E-state index contributed by atoms with van der Waals surface area (Å²) in [5, 5.41) is 8.53. The molecule has 10 heteroatoms. The van der Waals surface area contributed by atoms with Gasteiger partial charge in [0.25, 0.3) is 5.56 Å². The van der Waals surface area contributed by atoms with Gasteiger partial charge in [0.05, 0.1) is 0 Å². The minimum Gasteiger partial charge on any atom is -0.287 e. The van der Waals surface area contributed by atoms with E-state index in [1.54, 1.807) is 19.1 Å². The van der Waals surface area contributed by atoms with Gasteiger partial charge in [-0.1, -0.05) is 0 Å². The highest BCUT2D eigenvalue weighted by Gasteiger charge is 2.35. The van der Waals surface area contributed by atoms with Crippen molar-refractivity contribution in [3.63, 3.8) is 0 Å². The maximum Gasteiger partial charge on any atom is 0.353 e. The van der Waals surface area contributed by atoms with Crippen LogP contribution in [0.2, 0.25) is 0 Å². The minimum atomic E-state index is -1.25. The number of likely N-dealkylation sites (N-methyl/N-ethyl adjacent to an activating group) is 1. The number of hydrazone groups is 1. The van der Waals surface area contributed by atoms with Crippen LogP contribution in [0.25, 0.3) is 5.82 Å². The van der Waals surface area contributed by atoms with Gasteiger partial charge in [-0.3, -0.25) is 14.4 Å². The Kier molecular flexibility index (Phi) is 3.87. The van der Waals surface area contributed by atoms with Crippen molar-refractivity contribution < 1.29 is 9.59 Å². The number of pyridine rings is 1. The molecule has 0 saturated heterocycles. The molecule has 2 aromatic heterocycles. The molecule has 1 amide bonds. The maximum absolute atomic E-state index is 12.8. The molecule has 3 rings (SSSR count). The van der Waals surface area contributed by atoms with E-state index in [0.717, 1.165) is 26.0 Å². The van der Waals surface area contributed by atoms with Gasteiger partial charge < -0.3 is 0 Å². The average molecular weight is 342 g/mol. The first-order valence-electron chi connectivity index (χ1n) is 7.30. The molecule has 128 valence electrons. The molecule has 10 nitrogen and oxygen atoms in total. The lowest BCUT2D eigenvalue weighted by Crippen LogP contribution is -2.46. The van der Waals surface area contributed by atoms with Crippen molar-refractivity contribution in [1.82, 2.24) is 24.3 Å². The number of ketones is 1. The quantitative estimate of drug-likeness (QED) is 0.629. The lowest BCUT2D eigenvalue weighted by atomic mass is 10.00. The third-order valence-electron chi connectivity index (χ3n) is 3.75. The smallest absolute Gasteiger partial charge is 0.287 e. The molecule has 25 heavy (non-hydrogen) atoms. The summed E-state index contributed by atoms with van der Waals surface area (Å²) in [5.74, 6) is -2.84. The molecular weight excluding hydrogens is 328 g/mol. The predicted octanol–water partition coefficient (Wildman–Crippen LogP) is -1.25. The van der Waals surface area contributed by atoms with E-state index in [1.807, 2.05) is 0 Å². The second-order valence-electron chi connectivity index (χ2n) is 5.56. The zero-order valence-corrected chi connectivity index (χ0v) is 13.7. The molecule has 0 fully saturated rings. The standard InChI is InChI=1S/C15H14N6O4/c1-8-4-5-16-10(6-8)21-13(23)11(18-20(3)15(21)25)9-7-17-19(2)14(24)12(9)22/h4-7,9H,1-3H3. The summed E-state index contributed by atoms with van der Waals surface area (Å²) in [6.07, 6.45) is 2.62. The second kappa shape index (κ2) is 5.89. The van der Waals surface area contributed by atoms with Gasteiger partial charge in [0.1, 0.15) is 17.4 Å². The van der Waals surface area contributed by atoms with E-state index < -0.39 is 28.9 Å². The van der Waals surface area contributed by atoms with E-state index in [2.05, 4.69) is 15.2 Å². The van der Waals surface area contributed by atoms with Crippen molar-refractivity contribution in [3.8, 4) is 5.82 Å². The highest BCUT2D eigenvalue weighted by molar-refractivity contribution is 6.42. The van der Waals surface area contributed by atoms with E-state index in [1.165, 1.54) is 20.3 Å². The summed E-state index contributed by atoms with van der Waals surface area (Å²) >= 11 is 0. The Bertz CT molecular complexity index is 1040. The van der Waals surface area contributed by atoms with Crippen LogP contribution in [0.15, 0.2) is 33.0 Å². The number of Topliss-reactive ketones (excluding diaryl/α,β-unsaturated/α-hetero) is 1. The molecule has 0 radical (unpaired) electrons. The molecule has 3 heterocycles. The number of rotatable bonds is 2. The SMILES string of the molecule is Cc1ccnc(-n2c(=O)c(C3C=NN(C)C(=O)C3=O)nn(C)c2=O)c1. The summed E-state index contributed by atoms with van der Waals surface area (Å²) in [5.41, 5.74) is -0.996. The van der Waals surface area contributed by atoms with E-state index in [0.29, 0.717) is 0 Å². The molecule has 0 bridgehead atoms. The monoisotopic (exact) mass is 342 g/mol. The lowest BCUT2D eigenvalue weighted by molar-refractivity contribution is -0.144. The molecule has 1 unspecified atom stereocenters. The predicted molar refractivity (Wildman–Crippen MR) is 86.6 cm³/mol. The molecule has 0 aromatic carbocycles. The Hall–Kier alpha value is -3.43. The highest BCUT2D eigenvalue weighted by atomic mass is 16.2. The normalized spacial score (nSPS) is 17.2. The number of amides is 1. The van der Waals surface area contributed by atoms with Crippen LogP contribution in [0, 0.1) is 6.92 Å². The molecule has 1 aliphatic rings. The van der Waals surface area contributed by atoms with Crippen LogP contribution in [-0.2, 0) is 16.6 Å². The first-order valence-corrected chi connectivity index (χ1v) is 7.30. The topological polar surface area (TPSA) is 120 Å². The van der Waals surface area contributed by atoms with Crippen LogP contribution in [0.5, 0.6) is 0 Å². The van der Waals surface area contributed by atoms with Gasteiger partial charge in [0.2, 0.25) is 5.78 Å². The molecule has 0 saturated carbocycles. The zero-order valence-electron chi connectivity index (χ0n) is 13.7. The lowest BCUT2D eigenvalue weighted by Gasteiger charge is -2.19. The number of carbonyl (C=O) groups is 2. The summed E-state index contributed by atoms with van der Waals surface area (Å²) < 4.78 is 1.74. The molecule has 0 N–H and O–H groups in total. The largest absolute Gasteiger partial charge is 0.353 e. The molecule has 1 atom stereocenters. The van der Waals surface area contributed by atoms with Crippen molar-refractivity contribution >= 4 is 17.9 Å². The Morgan fingerprint density at radius 1 is 1.12 bits per heavy atom. The number of hydrogen-bond acceptors (Lipinski definition) is 7. The Labute approximate surface area is 141 Å². The van der Waals surface area contributed by atoms with Crippen molar-refractivity contribution in [2.45, 2.75) is 12.8 Å². The number of aryl methyl sites for hydroxylation is 2. The number of hydrogen-bond donors (Lipinski definition) is 0. The fraction of sp³-hybridized carbons (Fsp3) is 0.267. The summed E-state index contributed by atoms with van der Waals surface area (Å²) in [7, 11) is 2.67. The van der Waals surface area contributed by atoms with Crippen molar-refractivity contribution in [3.05, 3.63) is 50.4 Å². The van der Waals surface area contributed by atoms with Crippen LogP contribution >= 0.6 is 0 Å². The van der Waals surface area contributed by atoms with Crippen LogP contribution in [0.1, 0.15) is 17.2 Å². The van der Waals surface area contributed by atoms with Gasteiger partial charge in [-0.25, -0.2) is 24.0 Å². The summed E-state index contributed by atoms with van der Waals surface area (Å²) in [6, 6.07) is 3.27. The molecule has 0 aliphatic carbocycles. The first-order chi connectivity index (χ1) is 11.8. The van der Waals surface area contributed by atoms with Crippen molar-refractivity contribution in [2.75, 3.05) is 7.05 Å². The van der Waals surface area contributed by atoms with Crippen molar-refractivity contribution in [1.29, 1.82) is 0 Å². The maximum atomic E-state index is 12.8. The molecule has 1 aliphatic heterocycles. The molecule has 2 aromatic rings. The van der Waals surface area contributed by atoms with Gasteiger partial charge in [-0.2, -0.15) is 10.2 Å². The zero-order chi connectivity index (χ0) is 18.3. The minimum absolute atomic E-state index is 0.109. The fourth-order valence-electron chi connectivity index (χ4n) is 2.41. The van der Waals surface area contributed by atoms with E-state index >= 15 is 0 Å². The fourth-order valence-corrected chi connectivity index (χ4v) is 2.41. The van der Waals surface area contributed by atoms with Gasteiger partial charge >= 0.3 is 11.6 Å². The Morgan fingerprint density at radius 2 is 1.84 bits per heavy atom. The summed E-state index contributed by atoms with van der Waals surface area (Å²) in [4.78, 5) is 53.2. The molecular formula is C15H14N6O4. The van der Waals surface area contributed by atoms with Gasteiger partial charge in [-0.15, -0.1) is 0 Å². The number of carbonyl (C=O) groups excluding carboxylic acids is 2. The van der Waals surface area contributed by atoms with Gasteiger partial charge in [0, 0.05) is 26.5 Å². The van der Waals surface area contributed by atoms with Gasteiger partial charge in [0.15, 0.2) is 0 Å². The van der Waals surface area contributed by atoms with Crippen LogP contribution in [0.4, 0.5) is 0 Å². The van der Waals surface area contributed by atoms with Crippen molar-refractivity contribution in [2.24, 2.45) is 12.1 Å². The first kappa shape index (κ1) is 16.4. The average Bonchev–Trinajstić information content (AvgIpc) is 2.57. The van der Waals surface area contributed by atoms with Crippen LogP contribution in [-0.4, -0.2) is 49.3 Å². The Balaban J connectivity index is 2.26. The summed E-state index contributed by atoms with van der Waals surface area (Å²) in [6.45, 7) is 1.79. The third-order valence-corrected chi connectivity index (χ3v) is 3.75. The van der Waals surface area contributed by atoms with Crippen LogP contribution < -0.4 is 11.2 Å². The highest BCUT2D eigenvalue weighted by Crippen LogP contribution is 2.14. The second-order valence-corrected chi connectivity index (χ2v) is 5.56. The van der Waals surface area contributed by atoms with Crippen LogP contribution in [0.3, 0.4) is 0 Å². The third kappa shape index (κ3) is 2.67. The van der Waals surface area contributed by atoms with Gasteiger partial charge in [-0.05, 0) is 24.6 Å². The van der Waals surface area contributed by atoms with E-state index in [-0.39, 0.29) is 11.5 Å². The van der Waals surface area contributed by atoms with E-state index in [4.69, 9.17) is 0 Å². The number of aromatic nitrogens is 4. The number of nitrogens with zero attached hydrogens (tertiary/aromatic N) is 6. The Morgan fingerprint density at radius 3 is 2.52 bits per heavy atom.